The minimum absolute atomic E-state index is 0.0217. The first kappa shape index (κ1) is 16.8. The van der Waals surface area contributed by atoms with Crippen LogP contribution in [-0.2, 0) is 18.0 Å². The highest BCUT2D eigenvalue weighted by Gasteiger charge is 2.14. The number of azide groups is 1. The van der Waals surface area contributed by atoms with E-state index in [0.29, 0.717) is 22.3 Å². The smallest absolute Gasteiger partial charge is 0.336 e. The standard InChI is InChI=1S/C15H12N4O5/c16-18-17-8-11-7-10(9-24-19(22)23)5-6-12(11)13-3-1-2-4-14(13)15(20)21/h1-7H,8-9H2,(H,20,21). The van der Waals surface area contributed by atoms with Gasteiger partial charge in [0.25, 0.3) is 5.09 Å². The van der Waals surface area contributed by atoms with E-state index < -0.39 is 11.1 Å². The van der Waals surface area contributed by atoms with Crippen LogP contribution in [0.2, 0.25) is 0 Å². The molecule has 0 saturated heterocycles. The van der Waals surface area contributed by atoms with Crippen molar-refractivity contribution in [3.05, 3.63) is 79.7 Å². The van der Waals surface area contributed by atoms with Crippen LogP contribution >= 0.6 is 0 Å². The highest BCUT2D eigenvalue weighted by Crippen LogP contribution is 2.29. The van der Waals surface area contributed by atoms with Crippen LogP contribution in [0.3, 0.4) is 0 Å². The van der Waals surface area contributed by atoms with Crippen molar-refractivity contribution in [3.63, 3.8) is 0 Å². The second kappa shape index (κ2) is 7.61. The van der Waals surface area contributed by atoms with Gasteiger partial charge < -0.3 is 9.94 Å². The van der Waals surface area contributed by atoms with Gasteiger partial charge in [-0.1, -0.05) is 41.5 Å². The molecule has 2 aromatic rings. The molecule has 0 unspecified atom stereocenters. The fourth-order valence-corrected chi connectivity index (χ4v) is 2.27. The Balaban J connectivity index is 2.51. The summed E-state index contributed by atoms with van der Waals surface area (Å²) < 4.78 is 0. The van der Waals surface area contributed by atoms with Gasteiger partial charge in [-0.3, -0.25) is 0 Å². The molecule has 0 heterocycles. The maximum absolute atomic E-state index is 11.4. The Morgan fingerprint density at radius 1 is 1.29 bits per heavy atom. The highest BCUT2D eigenvalue weighted by atomic mass is 16.9. The quantitative estimate of drug-likeness (QED) is 0.272. The lowest BCUT2D eigenvalue weighted by Crippen LogP contribution is -2.03. The fraction of sp³-hybridized carbons (Fsp3) is 0.133. The van der Waals surface area contributed by atoms with Crippen LogP contribution in [-0.4, -0.2) is 16.2 Å². The van der Waals surface area contributed by atoms with Crippen LogP contribution in [0.5, 0.6) is 0 Å². The molecule has 0 atom stereocenters. The van der Waals surface area contributed by atoms with Gasteiger partial charge in [-0.25, -0.2) is 4.79 Å². The molecule has 1 N–H and O–H groups in total. The van der Waals surface area contributed by atoms with Crippen molar-refractivity contribution in [2.45, 2.75) is 13.2 Å². The molecular weight excluding hydrogens is 316 g/mol. The number of hydrogen-bond donors (Lipinski definition) is 1. The number of aromatic carboxylic acids is 1. The van der Waals surface area contributed by atoms with E-state index in [1.807, 2.05) is 0 Å². The van der Waals surface area contributed by atoms with E-state index in [4.69, 9.17) is 5.53 Å². The van der Waals surface area contributed by atoms with E-state index in [9.17, 15) is 20.0 Å². The van der Waals surface area contributed by atoms with Crippen molar-refractivity contribution >= 4 is 5.97 Å². The number of carboxylic acid groups (broad SMARTS) is 1. The molecule has 122 valence electrons. The number of nitrogens with zero attached hydrogens (tertiary/aromatic N) is 4. The van der Waals surface area contributed by atoms with Gasteiger partial charge in [0.1, 0.15) is 6.61 Å². The Kier molecular flexibility index (Phi) is 5.32. The second-order valence-electron chi connectivity index (χ2n) is 4.73. The monoisotopic (exact) mass is 328 g/mol. The van der Waals surface area contributed by atoms with E-state index in [1.165, 1.54) is 6.07 Å². The Bertz CT molecular complexity index is 830. The van der Waals surface area contributed by atoms with Crippen LogP contribution in [0.4, 0.5) is 0 Å². The summed E-state index contributed by atoms with van der Waals surface area (Å²) in [5.74, 6) is -1.08. The van der Waals surface area contributed by atoms with E-state index in [2.05, 4.69) is 14.9 Å². The van der Waals surface area contributed by atoms with Crippen molar-refractivity contribution in [1.82, 2.24) is 0 Å². The number of benzene rings is 2. The lowest BCUT2D eigenvalue weighted by Gasteiger charge is -2.12. The van der Waals surface area contributed by atoms with Crippen molar-refractivity contribution < 1.29 is 19.8 Å². The fourth-order valence-electron chi connectivity index (χ4n) is 2.27. The number of carbonyl (C=O) groups is 1. The zero-order chi connectivity index (χ0) is 17.5. The average molecular weight is 328 g/mol. The summed E-state index contributed by atoms with van der Waals surface area (Å²) in [7, 11) is 0. The van der Waals surface area contributed by atoms with Gasteiger partial charge in [-0.2, -0.15) is 0 Å². The summed E-state index contributed by atoms with van der Waals surface area (Å²) in [5.41, 5.74) is 10.7. The molecule has 9 nitrogen and oxygen atoms in total. The average Bonchev–Trinajstić information content (AvgIpc) is 2.58. The summed E-state index contributed by atoms with van der Waals surface area (Å²) >= 11 is 0. The second-order valence-corrected chi connectivity index (χ2v) is 4.73. The van der Waals surface area contributed by atoms with Gasteiger partial charge in [0.15, 0.2) is 0 Å². The maximum Gasteiger partial charge on any atom is 0.336 e. The molecule has 0 aliphatic heterocycles. The number of carboxylic acids is 1. The molecule has 0 fully saturated rings. The third-order valence-electron chi connectivity index (χ3n) is 3.26. The van der Waals surface area contributed by atoms with E-state index in [1.54, 1.807) is 36.4 Å². The summed E-state index contributed by atoms with van der Waals surface area (Å²) in [6, 6.07) is 11.2. The van der Waals surface area contributed by atoms with Gasteiger partial charge >= 0.3 is 5.97 Å². The molecular formula is C15H12N4O5. The van der Waals surface area contributed by atoms with Crippen molar-refractivity contribution in [2.75, 3.05) is 0 Å². The molecule has 24 heavy (non-hydrogen) atoms. The summed E-state index contributed by atoms with van der Waals surface area (Å²) in [4.78, 5) is 28.7. The molecule has 0 aromatic heterocycles. The van der Waals surface area contributed by atoms with Crippen molar-refractivity contribution in [2.24, 2.45) is 5.11 Å². The first-order valence-corrected chi connectivity index (χ1v) is 6.75. The first-order chi connectivity index (χ1) is 11.5. The lowest BCUT2D eigenvalue weighted by atomic mass is 9.94. The van der Waals surface area contributed by atoms with Crippen molar-refractivity contribution in [1.29, 1.82) is 0 Å². The molecule has 9 heteroatoms. The predicted molar refractivity (Wildman–Crippen MR) is 83.5 cm³/mol. The van der Waals surface area contributed by atoms with Gasteiger partial charge in [0.05, 0.1) is 12.1 Å². The molecule has 0 aliphatic carbocycles. The van der Waals surface area contributed by atoms with E-state index >= 15 is 0 Å². The van der Waals surface area contributed by atoms with Crippen LogP contribution in [0.15, 0.2) is 47.6 Å². The summed E-state index contributed by atoms with van der Waals surface area (Å²) in [5, 5.41) is 22.2. The molecule has 0 radical (unpaired) electrons. The molecule has 0 saturated carbocycles. The van der Waals surface area contributed by atoms with Crippen LogP contribution in [0.1, 0.15) is 21.5 Å². The molecule has 0 spiro atoms. The SMILES string of the molecule is [N-]=[N+]=NCc1cc(CO[N+](=O)[O-])ccc1-c1ccccc1C(=O)O. The van der Waals surface area contributed by atoms with Crippen LogP contribution in [0, 0.1) is 10.1 Å². The van der Waals surface area contributed by atoms with Crippen LogP contribution < -0.4 is 0 Å². The molecule has 0 bridgehead atoms. The lowest BCUT2D eigenvalue weighted by molar-refractivity contribution is -0.763. The Labute approximate surface area is 135 Å². The van der Waals surface area contributed by atoms with E-state index in [-0.39, 0.29) is 18.7 Å². The van der Waals surface area contributed by atoms with E-state index in [0.717, 1.165) is 0 Å². The first-order valence-electron chi connectivity index (χ1n) is 6.75. The van der Waals surface area contributed by atoms with Gasteiger partial charge in [-0.15, -0.1) is 10.1 Å². The molecule has 2 aromatic carbocycles. The predicted octanol–water partition coefficient (Wildman–Crippen LogP) is 3.57. The highest BCUT2D eigenvalue weighted by molar-refractivity contribution is 5.96. The molecule has 2 rings (SSSR count). The normalized spacial score (nSPS) is 9.83. The minimum atomic E-state index is -1.08. The topological polar surface area (TPSA) is 138 Å². The third kappa shape index (κ3) is 3.99. The summed E-state index contributed by atoms with van der Waals surface area (Å²) in [6.45, 7) is -0.275. The third-order valence-corrected chi connectivity index (χ3v) is 3.26. The Morgan fingerprint density at radius 2 is 2.04 bits per heavy atom. The number of rotatable bonds is 7. The van der Waals surface area contributed by atoms with Gasteiger partial charge in [0, 0.05) is 4.91 Å². The largest absolute Gasteiger partial charge is 0.478 e. The minimum Gasteiger partial charge on any atom is -0.478 e. The van der Waals surface area contributed by atoms with Crippen LogP contribution in [0.25, 0.3) is 21.6 Å². The van der Waals surface area contributed by atoms with Gasteiger partial charge in [0.2, 0.25) is 0 Å². The van der Waals surface area contributed by atoms with Crippen molar-refractivity contribution in [3.8, 4) is 11.1 Å². The summed E-state index contributed by atoms with van der Waals surface area (Å²) in [6.07, 6.45) is 0. The maximum atomic E-state index is 11.4. The zero-order valence-electron chi connectivity index (χ0n) is 12.3. The molecule has 0 amide bonds. The Morgan fingerprint density at radius 3 is 2.71 bits per heavy atom. The number of hydrogen-bond acceptors (Lipinski definition) is 5. The van der Waals surface area contributed by atoms with Gasteiger partial charge in [-0.05, 0) is 33.9 Å². The Hall–Kier alpha value is -3.58. The molecule has 0 aliphatic rings. The zero-order valence-corrected chi connectivity index (χ0v) is 12.3.